The van der Waals surface area contributed by atoms with Crippen LogP contribution >= 0.6 is 15.9 Å². The normalized spacial score (nSPS) is 9.37. The Kier molecular flexibility index (Phi) is 6.03. The van der Waals surface area contributed by atoms with Gasteiger partial charge in [0.25, 0.3) is 5.69 Å². The molecule has 0 radical (unpaired) electrons. The van der Waals surface area contributed by atoms with Crippen LogP contribution in [-0.2, 0) is 4.74 Å². The summed E-state index contributed by atoms with van der Waals surface area (Å²) < 4.78 is 4.80. The number of ether oxygens (including phenoxy) is 1. The fourth-order valence-corrected chi connectivity index (χ4v) is 1.53. The molecule has 0 heterocycles. The Labute approximate surface area is 119 Å². The van der Waals surface area contributed by atoms with E-state index in [-0.39, 0.29) is 17.9 Å². The number of nitro benzene ring substituents is 1. The van der Waals surface area contributed by atoms with Gasteiger partial charge in [0.05, 0.1) is 17.1 Å². The monoisotopic (exact) mass is 325 g/mol. The summed E-state index contributed by atoms with van der Waals surface area (Å²) in [4.78, 5) is 21.9. The molecule has 100 valence electrons. The first-order valence-corrected chi connectivity index (χ1v) is 6.72. The predicted octanol–water partition coefficient (Wildman–Crippen LogP) is 2.91. The van der Waals surface area contributed by atoms with Crippen molar-refractivity contribution >= 4 is 27.6 Å². The summed E-state index contributed by atoms with van der Waals surface area (Å²) in [7, 11) is 0. The molecule has 0 bridgehead atoms. The Morgan fingerprint density at radius 1 is 1.53 bits per heavy atom. The van der Waals surface area contributed by atoms with E-state index in [0.717, 1.165) is 0 Å². The highest BCUT2D eigenvalue weighted by Gasteiger charge is 2.16. The number of benzene rings is 1. The van der Waals surface area contributed by atoms with Gasteiger partial charge in [-0.2, -0.15) is 0 Å². The average Bonchev–Trinajstić information content (AvgIpc) is 2.39. The minimum Gasteiger partial charge on any atom is -0.462 e. The van der Waals surface area contributed by atoms with Gasteiger partial charge in [-0.1, -0.05) is 27.8 Å². The zero-order chi connectivity index (χ0) is 14.3. The second-order valence-electron chi connectivity index (χ2n) is 3.45. The maximum atomic E-state index is 11.5. The van der Waals surface area contributed by atoms with Gasteiger partial charge in [-0.15, -0.1) is 0 Å². The summed E-state index contributed by atoms with van der Waals surface area (Å²) in [5.74, 6) is 4.94. The van der Waals surface area contributed by atoms with E-state index in [1.165, 1.54) is 18.2 Å². The molecule has 0 spiro atoms. The minimum atomic E-state index is -0.578. The Morgan fingerprint density at radius 2 is 2.26 bits per heavy atom. The number of carbonyl (C=O) groups is 1. The molecule has 0 saturated carbocycles. The summed E-state index contributed by atoms with van der Waals surface area (Å²) in [6.45, 7) is 1.89. The van der Waals surface area contributed by atoms with Crippen molar-refractivity contribution in [1.29, 1.82) is 0 Å². The lowest BCUT2D eigenvalue weighted by Crippen LogP contribution is -2.05. The first-order valence-electron chi connectivity index (χ1n) is 5.60. The van der Waals surface area contributed by atoms with Gasteiger partial charge >= 0.3 is 5.97 Å². The fraction of sp³-hybridized carbons (Fsp3) is 0.308. The minimum absolute atomic E-state index is 0.152. The number of hydrogen-bond acceptors (Lipinski definition) is 4. The molecule has 0 unspecified atom stereocenters. The van der Waals surface area contributed by atoms with Crippen LogP contribution in [0.15, 0.2) is 18.2 Å². The molecule has 1 aromatic rings. The number of halogens is 1. The van der Waals surface area contributed by atoms with Crippen molar-refractivity contribution in [3.8, 4) is 11.8 Å². The van der Waals surface area contributed by atoms with Crippen LogP contribution in [0.2, 0.25) is 0 Å². The lowest BCUT2D eigenvalue weighted by atomic mass is 10.1. The molecule has 0 aliphatic carbocycles. The zero-order valence-electron chi connectivity index (χ0n) is 10.3. The molecule has 0 atom stereocenters. The lowest BCUT2D eigenvalue weighted by Gasteiger charge is -2.02. The van der Waals surface area contributed by atoms with E-state index in [4.69, 9.17) is 4.74 Å². The second kappa shape index (κ2) is 7.54. The van der Waals surface area contributed by atoms with Crippen LogP contribution in [0.25, 0.3) is 0 Å². The maximum Gasteiger partial charge on any atom is 0.338 e. The molecular weight excluding hydrogens is 314 g/mol. The van der Waals surface area contributed by atoms with Crippen molar-refractivity contribution in [2.75, 3.05) is 11.9 Å². The summed E-state index contributed by atoms with van der Waals surface area (Å²) in [6.07, 6.45) is 0.594. The number of esters is 1. The molecule has 0 amide bonds. The topological polar surface area (TPSA) is 69.4 Å². The average molecular weight is 326 g/mol. The Balaban J connectivity index is 3.12. The Morgan fingerprint density at radius 3 is 2.84 bits per heavy atom. The van der Waals surface area contributed by atoms with Gasteiger partial charge in [-0.25, -0.2) is 4.79 Å². The van der Waals surface area contributed by atoms with E-state index >= 15 is 0 Å². The second-order valence-corrected chi connectivity index (χ2v) is 4.24. The van der Waals surface area contributed by atoms with Crippen molar-refractivity contribution in [1.82, 2.24) is 0 Å². The number of nitrogens with zero attached hydrogens (tertiary/aromatic N) is 1. The largest absolute Gasteiger partial charge is 0.462 e. The number of alkyl halides is 1. The SMILES string of the molecule is CCOC(=O)c1ccc(C#CCCBr)c([N+](=O)[O-])c1. The van der Waals surface area contributed by atoms with Gasteiger partial charge < -0.3 is 4.74 Å². The molecule has 1 aromatic carbocycles. The highest BCUT2D eigenvalue weighted by Crippen LogP contribution is 2.20. The highest BCUT2D eigenvalue weighted by molar-refractivity contribution is 9.09. The standard InChI is InChI=1S/C13H12BrNO4/c1-2-19-13(16)11-7-6-10(5-3-4-8-14)12(9-11)15(17)18/h6-7,9H,2,4,8H2,1H3. The van der Waals surface area contributed by atoms with Crippen molar-refractivity contribution in [3.63, 3.8) is 0 Å². The maximum absolute atomic E-state index is 11.5. The van der Waals surface area contributed by atoms with Gasteiger partial charge in [0, 0.05) is 17.8 Å². The lowest BCUT2D eigenvalue weighted by molar-refractivity contribution is -0.385. The van der Waals surface area contributed by atoms with Crippen molar-refractivity contribution < 1.29 is 14.5 Å². The third-order valence-electron chi connectivity index (χ3n) is 2.15. The van der Waals surface area contributed by atoms with Gasteiger partial charge in [0.2, 0.25) is 0 Å². The molecule has 0 saturated heterocycles. The van der Waals surface area contributed by atoms with Crippen LogP contribution in [-0.4, -0.2) is 22.8 Å². The number of nitro groups is 1. The van der Waals surface area contributed by atoms with Crippen LogP contribution in [0.3, 0.4) is 0 Å². The van der Waals surface area contributed by atoms with E-state index in [2.05, 4.69) is 27.8 Å². The first kappa shape index (κ1) is 15.2. The fourth-order valence-electron chi connectivity index (χ4n) is 1.33. The highest BCUT2D eigenvalue weighted by atomic mass is 79.9. The van der Waals surface area contributed by atoms with E-state index in [0.29, 0.717) is 17.3 Å². The van der Waals surface area contributed by atoms with Crippen LogP contribution < -0.4 is 0 Å². The third-order valence-corrected chi connectivity index (χ3v) is 2.54. The molecule has 1 rings (SSSR count). The molecule has 0 fully saturated rings. The van der Waals surface area contributed by atoms with E-state index in [1.807, 2.05) is 0 Å². The third kappa shape index (κ3) is 4.38. The van der Waals surface area contributed by atoms with Crippen molar-refractivity contribution in [2.45, 2.75) is 13.3 Å². The summed E-state index contributed by atoms with van der Waals surface area (Å²) in [5, 5.41) is 11.7. The molecule has 0 aromatic heterocycles. The number of hydrogen-bond donors (Lipinski definition) is 0. The van der Waals surface area contributed by atoms with Crippen LogP contribution in [0, 0.1) is 22.0 Å². The molecular formula is C13H12BrNO4. The molecule has 0 aliphatic rings. The van der Waals surface area contributed by atoms with Gasteiger partial charge in [-0.3, -0.25) is 10.1 Å². The summed E-state index contributed by atoms with van der Waals surface area (Å²) in [6, 6.07) is 4.13. The summed E-state index contributed by atoms with van der Waals surface area (Å²) in [5.41, 5.74) is 0.256. The van der Waals surface area contributed by atoms with Gasteiger partial charge in [0.1, 0.15) is 5.56 Å². The molecule has 6 heteroatoms. The van der Waals surface area contributed by atoms with E-state index < -0.39 is 10.9 Å². The molecule has 5 nitrogen and oxygen atoms in total. The summed E-state index contributed by atoms with van der Waals surface area (Å²) >= 11 is 3.22. The molecule has 0 N–H and O–H groups in total. The quantitative estimate of drug-likeness (QED) is 0.280. The first-order chi connectivity index (χ1) is 9.10. The van der Waals surface area contributed by atoms with Crippen LogP contribution in [0.5, 0.6) is 0 Å². The molecule has 0 aliphatic heterocycles. The van der Waals surface area contributed by atoms with Crippen LogP contribution in [0.1, 0.15) is 29.3 Å². The van der Waals surface area contributed by atoms with Crippen molar-refractivity contribution in [3.05, 3.63) is 39.4 Å². The van der Waals surface area contributed by atoms with Gasteiger partial charge in [0.15, 0.2) is 0 Å². The zero-order valence-corrected chi connectivity index (χ0v) is 11.9. The number of rotatable bonds is 4. The van der Waals surface area contributed by atoms with Crippen LogP contribution in [0.4, 0.5) is 5.69 Å². The van der Waals surface area contributed by atoms with E-state index in [1.54, 1.807) is 6.92 Å². The Bertz CT molecular complexity index is 545. The molecule has 19 heavy (non-hydrogen) atoms. The van der Waals surface area contributed by atoms with Crippen molar-refractivity contribution in [2.24, 2.45) is 0 Å². The van der Waals surface area contributed by atoms with E-state index in [9.17, 15) is 14.9 Å². The smallest absolute Gasteiger partial charge is 0.338 e. The Hall–Kier alpha value is -1.87. The number of carbonyl (C=O) groups excluding carboxylic acids is 1. The van der Waals surface area contributed by atoms with Gasteiger partial charge in [-0.05, 0) is 19.1 Å². The predicted molar refractivity (Wildman–Crippen MR) is 74.3 cm³/mol.